The van der Waals surface area contributed by atoms with E-state index in [1.165, 1.54) is 0 Å². The second kappa shape index (κ2) is 3.80. The van der Waals surface area contributed by atoms with Crippen molar-refractivity contribution in [1.29, 1.82) is 0 Å². The predicted octanol–water partition coefficient (Wildman–Crippen LogP) is 2.02. The van der Waals surface area contributed by atoms with Gasteiger partial charge in [0.1, 0.15) is 0 Å². The smallest absolute Gasteiger partial charge is 0.254 e. The fraction of sp³-hybridized carbons (Fsp3) is 0.636. The van der Waals surface area contributed by atoms with Crippen LogP contribution in [0.5, 0.6) is 0 Å². The molecule has 0 aromatic heterocycles. The molecule has 0 bridgehead atoms. The van der Waals surface area contributed by atoms with Crippen LogP contribution in [0.1, 0.15) is 33.6 Å². The Balaban J connectivity index is 2.79. The Morgan fingerprint density at radius 3 is 2.69 bits per heavy atom. The molecule has 2 nitrogen and oxygen atoms in total. The van der Waals surface area contributed by atoms with Crippen molar-refractivity contribution in [1.82, 2.24) is 5.32 Å². The van der Waals surface area contributed by atoms with Crippen molar-refractivity contribution >= 4 is 5.91 Å². The van der Waals surface area contributed by atoms with E-state index >= 15 is 0 Å². The molecule has 1 N–H and O–H groups in total. The lowest BCUT2D eigenvalue weighted by Crippen LogP contribution is -2.30. The molecule has 0 saturated carbocycles. The monoisotopic (exact) mass is 179 g/mol. The molecular formula is C11H17NO. The molecule has 1 aliphatic rings. The quantitative estimate of drug-likeness (QED) is 0.447. The Kier molecular flexibility index (Phi) is 2.94. The van der Waals surface area contributed by atoms with E-state index in [4.69, 9.17) is 0 Å². The van der Waals surface area contributed by atoms with Gasteiger partial charge in [-0.15, -0.1) is 5.73 Å². The number of hydrogen-bond acceptors (Lipinski definition) is 1. The summed E-state index contributed by atoms with van der Waals surface area (Å²) in [6, 6.07) is 0. The predicted molar refractivity (Wildman–Crippen MR) is 53.3 cm³/mol. The van der Waals surface area contributed by atoms with Crippen LogP contribution in [0, 0.1) is 5.41 Å². The van der Waals surface area contributed by atoms with Crippen LogP contribution in [0.25, 0.3) is 0 Å². The zero-order valence-corrected chi connectivity index (χ0v) is 8.61. The summed E-state index contributed by atoms with van der Waals surface area (Å²) >= 11 is 0. The molecule has 0 atom stereocenters. The Hall–Kier alpha value is -1.01. The lowest BCUT2D eigenvalue weighted by Gasteiger charge is -2.13. The molecule has 1 rings (SSSR count). The number of amides is 1. The molecule has 13 heavy (non-hydrogen) atoms. The van der Waals surface area contributed by atoms with E-state index in [2.05, 4.69) is 31.8 Å². The number of carbonyl (C=O) groups excluding carboxylic acids is 1. The van der Waals surface area contributed by atoms with Gasteiger partial charge in [-0.1, -0.05) is 20.8 Å². The van der Waals surface area contributed by atoms with Gasteiger partial charge in [-0.3, -0.25) is 4.79 Å². The first-order chi connectivity index (χ1) is 5.99. The van der Waals surface area contributed by atoms with Crippen LogP contribution in [0.2, 0.25) is 0 Å². The molecule has 72 valence electrons. The molecule has 1 amide bonds. The van der Waals surface area contributed by atoms with Gasteiger partial charge < -0.3 is 5.32 Å². The number of nitrogens with one attached hydrogen (secondary N) is 1. The number of carbonyl (C=O) groups is 1. The second-order valence-corrected chi connectivity index (χ2v) is 4.49. The van der Waals surface area contributed by atoms with Gasteiger partial charge >= 0.3 is 0 Å². The first kappa shape index (κ1) is 10.1. The van der Waals surface area contributed by atoms with Crippen LogP contribution in [-0.2, 0) is 4.79 Å². The maximum Gasteiger partial charge on any atom is 0.254 e. The summed E-state index contributed by atoms with van der Waals surface area (Å²) in [6.45, 7) is 7.10. The Bertz CT molecular complexity index is 264. The number of hydrogen-bond donors (Lipinski definition) is 1. The summed E-state index contributed by atoms with van der Waals surface area (Å²) in [5.41, 5.74) is 3.99. The number of rotatable bonds is 0. The van der Waals surface area contributed by atoms with Gasteiger partial charge in [-0.25, -0.2) is 0 Å². The van der Waals surface area contributed by atoms with E-state index < -0.39 is 0 Å². The lowest BCUT2D eigenvalue weighted by atomic mass is 9.96. The molecule has 0 spiro atoms. The molecule has 1 heterocycles. The zero-order valence-electron chi connectivity index (χ0n) is 8.61. The van der Waals surface area contributed by atoms with Gasteiger partial charge in [0.2, 0.25) is 0 Å². The van der Waals surface area contributed by atoms with E-state index in [9.17, 15) is 4.79 Å². The van der Waals surface area contributed by atoms with Crippen molar-refractivity contribution in [3.63, 3.8) is 0 Å². The Labute approximate surface area is 79.7 Å². The summed E-state index contributed by atoms with van der Waals surface area (Å²) in [4.78, 5) is 11.3. The first-order valence-corrected chi connectivity index (χ1v) is 4.74. The summed E-state index contributed by atoms with van der Waals surface area (Å²) in [5.74, 6) is 0.0479. The van der Waals surface area contributed by atoms with Crippen LogP contribution in [0.3, 0.4) is 0 Å². The van der Waals surface area contributed by atoms with Crippen molar-refractivity contribution < 1.29 is 4.79 Å². The lowest BCUT2D eigenvalue weighted by molar-refractivity contribution is -0.118. The van der Waals surface area contributed by atoms with Crippen LogP contribution in [0.4, 0.5) is 0 Å². The molecule has 1 aliphatic heterocycles. The molecule has 0 aliphatic carbocycles. The molecule has 1 fully saturated rings. The minimum atomic E-state index is 0.0479. The highest BCUT2D eigenvalue weighted by molar-refractivity contribution is 5.93. The minimum absolute atomic E-state index is 0.0479. The molecule has 0 aromatic carbocycles. The topological polar surface area (TPSA) is 29.1 Å². The van der Waals surface area contributed by atoms with Gasteiger partial charge in [-0.2, -0.15) is 0 Å². The van der Waals surface area contributed by atoms with Crippen molar-refractivity contribution in [2.75, 3.05) is 6.54 Å². The van der Waals surface area contributed by atoms with Crippen molar-refractivity contribution in [3.05, 3.63) is 17.4 Å². The normalized spacial score (nSPS) is 17.8. The molecule has 0 aromatic rings. The third-order valence-corrected chi connectivity index (χ3v) is 1.84. The summed E-state index contributed by atoms with van der Waals surface area (Å²) in [5, 5.41) is 2.81. The van der Waals surface area contributed by atoms with E-state index in [0.29, 0.717) is 0 Å². The second-order valence-electron chi connectivity index (χ2n) is 4.49. The average Bonchev–Trinajstić information content (AvgIpc) is 2.01. The SMILES string of the molecule is CC(C)(C)C=C=C1CCCNC1=O. The number of piperidine rings is 1. The van der Waals surface area contributed by atoms with Gasteiger partial charge in [0.05, 0.1) is 5.57 Å². The third kappa shape index (κ3) is 3.47. The fourth-order valence-electron chi connectivity index (χ4n) is 1.13. The molecule has 0 radical (unpaired) electrons. The summed E-state index contributed by atoms with van der Waals surface area (Å²) in [6.07, 6.45) is 3.86. The average molecular weight is 179 g/mol. The van der Waals surface area contributed by atoms with Gasteiger partial charge in [-0.05, 0) is 24.3 Å². The van der Waals surface area contributed by atoms with Crippen molar-refractivity contribution in [2.45, 2.75) is 33.6 Å². The van der Waals surface area contributed by atoms with Gasteiger partial charge in [0, 0.05) is 6.54 Å². The van der Waals surface area contributed by atoms with Crippen LogP contribution < -0.4 is 5.32 Å². The summed E-state index contributed by atoms with van der Waals surface area (Å²) in [7, 11) is 0. The Morgan fingerprint density at radius 1 is 1.46 bits per heavy atom. The Morgan fingerprint density at radius 2 is 2.15 bits per heavy atom. The molecule has 0 unspecified atom stereocenters. The van der Waals surface area contributed by atoms with Crippen LogP contribution in [0.15, 0.2) is 17.4 Å². The van der Waals surface area contributed by atoms with Gasteiger partial charge in [0.15, 0.2) is 0 Å². The highest BCUT2D eigenvalue weighted by Crippen LogP contribution is 2.15. The van der Waals surface area contributed by atoms with Gasteiger partial charge in [0.25, 0.3) is 5.91 Å². The van der Waals surface area contributed by atoms with E-state index in [-0.39, 0.29) is 11.3 Å². The highest BCUT2D eigenvalue weighted by atomic mass is 16.1. The summed E-state index contributed by atoms with van der Waals surface area (Å²) < 4.78 is 0. The highest BCUT2D eigenvalue weighted by Gasteiger charge is 2.13. The largest absolute Gasteiger partial charge is 0.352 e. The molecule has 2 heteroatoms. The zero-order chi connectivity index (χ0) is 9.90. The maximum atomic E-state index is 11.3. The van der Waals surface area contributed by atoms with E-state index in [1.807, 2.05) is 6.08 Å². The van der Waals surface area contributed by atoms with E-state index in [0.717, 1.165) is 25.0 Å². The minimum Gasteiger partial charge on any atom is -0.352 e. The standard InChI is InChI=1S/C11H17NO/c1-11(2,3)7-6-9-5-4-8-12-10(9)13/h7H,4-5,8H2,1-3H3,(H,12,13). The maximum absolute atomic E-state index is 11.3. The fourth-order valence-corrected chi connectivity index (χ4v) is 1.13. The molecular weight excluding hydrogens is 162 g/mol. The first-order valence-electron chi connectivity index (χ1n) is 4.74. The van der Waals surface area contributed by atoms with E-state index in [1.54, 1.807) is 0 Å². The van der Waals surface area contributed by atoms with Crippen LogP contribution >= 0.6 is 0 Å². The molecule has 1 saturated heterocycles. The van der Waals surface area contributed by atoms with Crippen molar-refractivity contribution in [2.24, 2.45) is 5.41 Å². The van der Waals surface area contributed by atoms with Crippen molar-refractivity contribution in [3.8, 4) is 0 Å². The van der Waals surface area contributed by atoms with Crippen LogP contribution in [-0.4, -0.2) is 12.5 Å². The third-order valence-electron chi connectivity index (χ3n) is 1.84.